The summed E-state index contributed by atoms with van der Waals surface area (Å²) in [5.41, 5.74) is 2.33. The van der Waals surface area contributed by atoms with E-state index in [4.69, 9.17) is 0 Å². The summed E-state index contributed by atoms with van der Waals surface area (Å²) in [7, 11) is 0. The zero-order valence-electron chi connectivity index (χ0n) is 14.7. The largest absolute Gasteiger partial charge is 0.319 e. The molecule has 2 aromatic heterocycles. The Hall–Kier alpha value is -4.14. The Balaban J connectivity index is 1.62. The quantitative estimate of drug-likeness (QED) is 0.433. The number of fused-ring (bicyclic) bond motifs is 1. The first-order valence-corrected chi connectivity index (χ1v) is 8.36. The second kappa shape index (κ2) is 6.88. The highest BCUT2D eigenvalue weighted by Crippen LogP contribution is 2.20. The standard InChI is InChI=1S/C19H14N6O3/c1-12-18(22-23-24(12)15-6-4-7-16(10-15)25(27)28)19(26)21-14-9-13-5-2-3-8-17(13)20-11-14/h2-11H,1H3,(H,21,26). The highest BCUT2D eigenvalue weighted by Gasteiger charge is 2.19. The first-order valence-electron chi connectivity index (χ1n) is 8.36. The molecular weight excluding hydrogens is 360 g/mol. The van der Waals surface area contributed by atoms with Crippen molar-refractivity contribution in [2.24, 2.45) is 0 Å². The molecule has 0 fully saturated rings. The fraction of sp³-hybridized carbons (Fsp3) is 0.0526. The van der Waals surface area contributed by atoms with Crippen LogP contribution in [0.4, 0.5) is 11.4 Å². The molecule has 138 valence electrons. The third kappa shape index (κ3) is 3.16. The molecule has 2 aromatic carbocycles. The van der Waals surface area contributed by atoms with Gasteiger partial charge >= 0.3 is 0 Å². The van der Waals surface area contributed by atoms with E-state index in [-0.39, 0.29) is 11.4 Å². The highest BCUT2D eigenvalue weighted by molar-refractivity contribution is 6.04. The van der Waals surface area contributed by atoms with Crippen LogP contribution in [-0.2, 0) is 0 Å². The Morgan fingerprint density at radius 3 is 2.79 bits per heavy atom. The molecule has 0 aliphatic heterocycles. The number of aromatic nitrogens is 4. The van der Waals surface area contributed by atoms with Crippen molar-refractivity contribution < 1.29 is 9.72 Å². The van der Waals surface area contributed by atoms with Crippen LogP contribution in [0.3, 0.4) is 0 Å². The van der Waals surface area contributed by atoms with E-state index in [0.717, 1.165) is 10.9 Å². The fourth-order valence-corrected chi connectivity index (χ4v) is 2.85. The zero-order chi connectivity index (χ0) is 19.7. The molecule has 0 atom stereocenters. The van der Waals surface area contributed by atoms with Gasteiger partial charge in [-0.3, -0.25) is 19.9 Å². The first kappa shape index (κ1) is 17.3. The van der Waals surface area contributed by atoms with E-state index in [1.807, 2.05) is 30.3 Å². The summed E-state index contributed by atoms with van der Waals surface area (Å²) >= 11 is 0. The summed E-state index contributed by atoms with van der Waals surface area (Å²) in [5, 5.41) is 22.5. The summed E-state index contributed by atoms with van der Waals surface area (Å²) in [5.74, 6) is -0.439. The zero-order valence-corrected chi connectivity index (χ0v) is 14.7. The van der Waals surface area contributed by atoms with Crippen molar-refractivity contribution in [1.82, 2.24) is 20.0 Å². The SMILES string of the molecule is Cc1c(C(=O)Nc2cnc3ccccc3c2)nnn1-c1cccc([N+](=O)[O-])c1. The van der Waals surface area contributed by atoms with Gasteiger partial charge in [0.25, 0.3) is 11.6 Å². The van der Waals surface area contributed by atoms with E-state index in [0.29, 0.717) is 17.1 Å². The number of carbonyl (C=O) groups is 1. The molecule has 0 bridgehead atoms. The van der Waals surface area contributed by atoms with Crippen LogP contribution in [0.2, 0.25) is 0 Å². The molecule has 0 spiro atoms. The molecule has 0 saturated heterocycles. The molecule has 9 nitrogen and oxygen atoms in total. The molecule has 0 unspecified atom stereocenters. The second-order valence-electron chi connectivity index (χ2n) is 6.08. The molecule has 0 aliphatic rings. The summed E-state index contributed by atoms with van der Waals surface area (Å²) < 4.78 is 1.39. The van der Waals surface area contributed by atoms with Crippen molar-refractivity contribution >= 4 is 28.2 Å². The molecule has 1 amide bonds. The van der Waals surface area contributed by atoms with Gasteiger partial charge in [0.05, 0.1) is 33.7 Å². The lowest BCUT2D eigenvalue weighted by atomic mass is 10.2. The third-order valence-corrected chi connectivity index (χ3v) is 4.24. The van der Waals surface area contributed by atoms with Gasteiger partial charge in [-0.15, -0.1) is 5.10 Å². The predicted molar refractivity (Wildman–Crippen MR) is 102 cm³/mol. The number of anilines is 1. The lowest BCUT2D eigenvalue weighted by molar-refractivity contribution is -0.384. The summed E-state index contributed by atoms with van der Waals surface area (Å²) in [6.45, 7) is 1.67. The minimum absolute atomic E-state index is 0.0689. The van der Waals surface area contributed by atoms with Gasteiger partial charge in [0.1, 0.15) is 0 Å². The van der Waals surface area contributed by atoms with Crippen LogP contribution in [0.25, 0.3) is 16.6 Å². The molecule has 4 rings (SSSR count). The van der Waals surface area contributed by atoms with Crippen LogP contribution in [0.15, 0.2) is 60.8 Å². The maximum Gasteiger partial charge on any atom is 0.278 e. The van der Waals surface area contributed by atoms with Crippen LogP contribution >= 0.6 is 0 Å². The van der Waals surface area contributed by atoms with Crippen LogP contribution in [0, 0.1) is 17.0 Å². The molecule has 0 radical (unpaired) electrons. The number of non-ortho nitro benzene ring substituents is 1. The van der Waals surface area contributed by atoms with E-state index >= 15 is 0 Å². The van der Waals surface area contributed by atoms with Crippen molar-refractivity contribution in [2.75, 3.05) is 5.32 Å². The Morgan fingerprint density at radius 1 is 1.14 bits per heavy atom. The number of rotatable bonds is 4. The molecule has 0 saturated carbocycles. The minimum Gasteiger partial charge on any atom is -0.319 e. The van der Waals surface area contributed by atoms with Gasteiger partial charge in [-0.25, -0.2) is 4.68 Å². The number of amides is 1. The van der Waals surface area contributed by atoms with Gasteiger partial charge in [0.2, 0.25) is 0 Å². The van der Waals surface area contributed by atoms with E-state index in [1.165, 1.54) is 16.8 Å². The average Bonchev–Trinajstić information content (AvgIpc) is 3.09. The number of nitrogens with zero attached hydrogens (tertiary/aromatic N) is 5. The van der Waals surface area contributed by atoms with Crippen molar-refractivity contribution in [3.63, 3.8) is 0 Å². The van der Waals surface area contributed by atoms with E-state index in [1.54, 1.807) is 25.3 Å². The number of pyridine rings is 1. The average molecular weight is 374 g/mol. The van der Waals surface area contributed by atoms with Gasteiger partial charge in [-0.05, 0) is 25.1 Å². The molecule has 28 heavy (non-hydrogen) atoms. The number of nitrogens with one attached hydrogen (secondary N) is 1. The van der Waals surface area contributed by atoms with Crippen LogP contribution in [-0.4, -0.2) is 30.8 Å². The van der Waals surface area contributed by atoms with Crippen molar-refractivity contribution in [3.8, 4) is 5.69 Å². The summed E-state index contributed by atoms with van der Waals surface area (Å²) in [4.78, 5) is 27.4. The monoisotopic (exact) mass is 374 g/mol. The van der Waals surface area contributed by atoms with Crippen LogP contribution in [0.1, 0.15) is 16.2 Å². The Bertz CT molecular complexity index is 1220. The Morgan fingerprint density at radius 2 is 1.96 bits per heavy atom. The third-order valence-electron chi connectivity index (χ3n) is 4.24. The predicted octanol–water partition coefficient (Wildman–Crippen LogP) is 3.28. The van der Waals surface area contributed by atoms with Crippen molar-refractivity contribution in [1.29, 1.82) is 0 Å². The van der Waals surface area contributed by atoms with Gasteiger partial charge in [0.15, 0.2) is 5.69 Å². The topological polar surface area (TPSA) is 116 Å². The minimum atomic E-state index is -0.490. The maximum absolute atomic E-state index is 12.6. The van der Waals surface area contributed by atoms with Gasteiger partial charge in [-0.1, -0.05) is 29.5 Å². The molecule has 4 aromatic rings. The number of nitro groups is 1. The fourth-order valence-electron chi connectivity index (χ4n) is 2.85. The number of hydrogen-bond acceptors (Lipinski definition) is 6. The second-order valence-corrected chi connectivity index (χ2v) is 6.08. The van der Waals surface area contributed by atoms with E-state index in [9.17, 15) is 14.9 Å². The molecule has 9 heteroatoms. The number of carbonyl (C=O) groups excluding carboxylic acids is 1. The Kier molecular flexibility index (Phi) is 4.24. The number of hydrogen-bond donors (Lipinski definition) is 1. The van der Waals surface area contributed by atoms with Gasteiger partial charge < -0.3 is 5.32 Å². The lowest BCUT2D eigenvalue weighted by Gasteiger charge is -2.06. The van der Waals surface area contributed by atoms with Crippen molar-refractivity contribution in [2.45, 2.75) is 6.92 Å². The summed E-state index contributed by atoms with van der Waals surface area (Å²) in [6.07, 6.45) is 1.57. The van der Waals surface area contributed by atoms with Crippen LogP contribution in [0.5, 0.6) is 0 Å². The number of benzene rings is 2. The highest BCUT2D eigenvalue weighted by atomic mass is 16.6. The van der Waals surface area contributed by atoms with E-state index < -0.39 is 10.8 Å². The molecule has 1 N–H and O–H groups in total. The lowest BCUT2D eigenvalue weighted by Crippen LogP contribution is -2.14. The number of para-hydroxylation sites is 1. The van der Waals surface area contributed by atoms with Crippen molar-refractivity contribution in [3.05, 3.63) is 82.3 Å². The van der Waals surface area contributed by atoms with Crippen LogP contribution < -0.4 is 5.32 Å². The van der Waals surface area contributed by atoms with E-state index in [2.05, 4.69) is 20.6 Å². The van der Waals surface area contributed by atoms with Gasteiger partial charge in [0, 0.05) is 17.5 Å². The molecule has 0 aliphatic carbocycles. The normalized spacial score (nSPS) is 10.8. The Labute approximate surface area is 158 Å². The molecular formula is C19H14N6O3. The smallest absolute Gasteiger partial charge is 0.278 e. The number of nitro benzene ring substituents is 1. The maximum atomic E-state index is 12.6. The van der Waals surface area contributed by atoms with Gasteiger partial charge in [-0.2, -0.15) is 0 Å². The molecule has 2 heterocycles. The first-order chi connectivity index (χ1) is 13.5. The summed E-state index contributed by atoms with van der Waals surface area (Å²) in [6, 6.07) is 15.4.